The van der Waals surface area contributed by atoms with Gasteiger partial charge in [-0.1, -0.05) is 31.0 Å². The van der Waals surface area contributed by atoms with E-state index in [9.17, 15) is 0 Å². The molecule has 0 amide bonds. The van der Waals surface area contributed by atoms with Crippen molar-refractivity contribution >= 4 is 24.2 Å². The maximum Gasteiger partial charge on any atom is 0.0582 e. The molecule has 16 heavy (non-hydrogen) atoms. The zero-order valence-electron chi connectivity index (χ0n) is 9.38. The summed E-state index contributed by atoms with van der Waals surface area (Å²) >= 11 is 4.55. The van der Waals surface area contributed by atoms with E-state index in [1.807, 2.05) is 35.6 Å². The molecule has 0 saturated heterocycles. The van der Waals surface area contributed by atoms with Gasteiger partial charge in [-0.15, -0.1) is 0 Å². The smallest absolute Gasteiger partial charge is 0.0582 e. The molecule has 0 aliphatic carbocycles. The molecule has 0 unspecified atom stereocenters. The number of benzene rings is 1. The molecule has 1 aromatic heterocycles. The summed E-state index contributed by atoms with van der Waals surface area (Å²) in [5.41, 5.74) is 4.47. The Kier molecular flexibility index (Phi) is 3.15. The van der Waals surface area contributed by atoms with Crippen LogP contribution in [0.3, 0.4) is 0 Å². The third kappa shape index (κ3) is 2.04. The molecular formula is C13H14N2S. The van der Waals surface area contributed by atoms with Gasteiger partial charge >= 0.3 is 0 Å². The molecule has 0 spiro atoms. The van der Waals surface area contributed by atoms with Gasteiger partial charge in [0, 0.05) is 12.4 Å². The maximum atomic E-state index is 4.55. The summed E-state index contributed by atoms with van der Waals surface area (Å²) in [6, 6.07) is 10.1. The predicted octanol–water partition coefficient (Wildman–Crippen LogP) is 3.68. The Labute approximate surface area is 101 Å². The van der Waals surface area contributed by atoms with Gasteiger partial charge in [0.15, 0.2) is 0 Å². The number of pyridine rings is 1. The maximum absolute atomic E-state index is 4.55. The monoisotopic (exact) mass is 230 g/mol. The number of para-hydroxylation sites is 1. The summed E-state index contributed by atoms with van der Waals surface area (Å²) in [5.74, 6) is 0. The van der Waals surface area contributed by atoms with Gasteiger partial charge in [0.2, 0.25) is 0 Å². The van der Waals surface area contributed by atoms with Gasteiger partial charge in [-0.25, -0.2) is 0 Å². The number of hydrogen-bond acceptors (Lipinski definition) is 3. The van der Waals surface area contributed by atoms with E-state index in [4.69, 9.17) is 0 Å². The third-order valence-electron chi connectivity index (χ3n) is 2.56. The molecule has 82 valence electrons. The fourth-order valence-corrected chi connectivity index (χ4v) is 2.08. The van der Waals surface area contributed by atoms with Gasteiger partial charge in [-0.05, 0) is 37.1 Å². The molecule has 0 aliphatic heterocycles. The van der Waals surface area contributed by atoms with Crippen molar-refractivity contribution < 1.29 is 0 Å². The van der Waals surface area contributed by atoms with Crippen LogP contribution in [0.4, 0.5) is 11.4 Å². The summed E-state index contributed by atoms with van der Waals surface area (Å²) in [6.45, 7) is 4.11. The third-order valence-corrected chi connectivity index (χ3v) is 2.99. The van der Waals surface area contributed by atoms with Crippen LogP contribution in [0.15, 0.2) is 42.7 Å². The van der Waals surface area contributed by atoms with E-state index in [1.54, 1.807) is 6.20 Å². The highest BCUT2D eigenvalue weighted by Crippen LogP contribution is 2.31. The summed E-state index contributed by atoms with van der Waals surface area (Å²) in [7, 11) is 0. The van der Waals surface area contributed by atoms with Crippen molar-refractivity contribution in [2.75, 3.05) is 4.31 Å². The molecular weight excluding hydrogens is 216 g/mol. The Morgan fingerprint density at radius 2 is 1.69 bits per heavy atom. The van der Waals surface area contributed by atoms with E-state index >= 15 is 0 Å². The largest absolute Gasteiger partial charge is 0.287 e. The minimum atomic E-state index is 1.06. The zero-order valence-corrected chi connectivity index (χ0v) is 10.3. The number of rotatable bonds is 2. The molecule has 3 heteroatoms. The van der Waals surface area contributed by atoms with Crippen molar-refractivity contribution in [3.63, 3.8) is 0 Å². The minimum Gasteiger partial charge on any atom is -0.287 e. The Hall–Kier alpha value is -1.48. The second kappa shape index (κ2) is 4.58. The predicted molar refractivity (Wildman–Crippen MR) is 71.3 cm³/mol. The van der Waals surface area contributed by atoms with Crippen molar-refractivity contribution in [2.24, 2.45) is 0 Å². The number of aromatic nitrogens is 1. The van der Waals surface area contributed by atoms with E-state index in [0.29, 0.717) is 0 Å². The number of thiol groups is 1. The molecule has 1 heterocycles. The summed E-state index contributed by atoms with van der Waals surface area (Å²) in [6.07, 6.45) is 3.63. The van der Waals surface area contributed by atoms with E-state index in [-0.39, 0.29) is 0 Å². The molecule has 0 fully saturated rings. The van der Waals surface area contributed by atoms with Crippen LogP contribution in [0.25, 0.3) is 0 Å². The average molecular weight is 230 g/mol. The van der Waals surface area contributed by atoms with E-state index < -0.39 is 0 Å². The molecule has 2 nitrogen and oxygen atoms in total. The molecule has 0 bridgehead atoms. The van der Waals surface area contributed by atoms with Crippen LogP contribution >= 0.6 is 12.8 Å². The first-order chi connectivity index (χ1) is 7.70. The number of anilines is 2. The SMILES string of the molecule is Cc1ccccc1N(S)c1ccncc1C. The Bertz CT molecular complexity index is 451. The molecule has 0 saturated carbocycles. The fourth-order valence-electron chi connectivity index (χ4n) is 1.63. The van der Waals surface area contributed by atoms with E-state index in [0.717, 1.165) is 16.9 Å². The molecule has 0 atom stereocenters. The molecule has 0 radical (unpaired) electrons. The summed E-state index contributed by atoms with van der Waals surface area (Å²) < 4.78 is 1.90. The Morgan fingerprint density at radius 3 is 2.38 bits per heavy atom. The van der Waals surface area contributed by atoms with Gasteiger partial charge in [0.05, 0.1) is 11.4 Å². The van der Waals surface area contributed by atoms with Crippen molar-refractivity contribution in [3.05, 3.63) is 53.9 Å². The lowest BCUT2D eigenvalue weighted by atomic mass is 10.2. The van der Waals surface area contributed by atoms with Crippen LogP contribution < -0.4 is 4.31 Å². The fraction of sp³-hybridized carbons (Fsp3) is 0.154. The lowest BCUT2D eigenvalue weighted by molar-refractivity contribution is 1.24. The quantitative estimate of drug-likeness (QED) is 0.792. The van der Waals surface area contributed by atoms with E-state index in [1.165, 1.54) is 5.56 Å². The molecule has 0 aliphatic rings. The summed E-state index contributed by atoms with van der Waals surface area (Å²) in [5, 5.41) is 0. The van der Waals surface area contributed by atoms with Crippen molar-refractivity contribution in [3.8, 4) is 0 Å². The number of nitrogens with zero attached hydrogens (tertiary/aromatic N) is 2. The van der Waals surface area contributed by atoms with Gasteiger partial charge in [0.1, 0.15) is 0 Å². The number of hydrogen-bond donors (Lipinski definition) is 1. The first-order valence-corrected chi connectivity index (χ1v) is 5.55. The highest BCUT2D eigenvalue weighted by Gasteiger charge is 2.09. The highest BCUT2D eigenvalue weighted by molar-refractivity contribution is 7.82. The van der Waals surface area contributed by atoms with Crippen LogP contribution in [0.5, 0.6) is 0 Å². The van der Waals surface area contributed by atoms with Crippen molar-refractivity contribution in [2.45, 2.75) is 13.8 Å². The van der Waals surface area contributed by atoms with Gasteiger partial charge < -0.3 is 0 Å². The van der Waals surface area contributed by atoms with Crippen molar-refractivity contribution in [1.82, 2.24) is 4.98 Å². The lowest BCUT2D eigenvalue weighted by Gasteiger charge is -2.21. The Balaban J connectivity index is 2.44. The molecule has 1 aromatic carbocycles. The average Bonchev–Trinajstić information content (AvgIpc) is 2.29. The lowest BCUT2D eigenvalue weighted by Crippen LogP contribution is -2.05. The number of aryl methyl sites for hydroxylation is 2. The second-order valence-corrected chi connectivity index (χ2v) is 4.16. The van der Waals surface area contributed by atoms with E-state index in [2.05, 4.69) is 36.9 Å². The first kappa shape index (κ1) is 11.0. The van der Waals surface area contributed by atoms with Gasteiger partial charge in [0.25, 0.3) is 0 Å². The van der Waals surface area contributed by atoms with Crippen LogP contribution in [0.1, 0.15) is 11.1 Å². The normalized spacial score (nSPS) is 10.2. The first-order valence-electron chi connectivity index (χ1n) is 5.15. The molecule has 2 aromatic rings. The zero-order chi connectivity index (χ0) is 11.5. The van der Waals surface area contributed by atoms with Crippen LogP contribution in [0.2, 0.25) is 0 Å². The highest BCUT2D eigenvalue weighted by atomic mass is 32.1. The summed E-state index contributed by atoms with van der Waals surface area (Å²) in [4.78, 5) is 4.08. The minimum absolute atomic E-state index is 1.06. The van der Waals surface area contributed by atoms with Crippen LogP contribution in [-0.2, 0) is 0 Å². The molecule has 0 N–H and O–H groups in total. The van der Waals surface area contributed by atoms with Crippen LogP contribution in [0, 0.1) is 13.8 Å². The second-order valence-electron chi connectivity index (χ2n) is 3.76. The standard InChI is InChI=1S/C13H14N2S/c1-10-5-3-4-6-12(10)15(16)13-7-8-14-9-11(13)2/h3-9,16H,1-2H3. The topological polar surface area (TPSA) is 16.1 Å². The molecule has 2 rings (SSSR count). The van der Waals surface area contributed by atoms with Gasteiger partial charge in [-0.3, -0.25) is 9.29 Å². The van der Waals surface area contributed by atoms with Crippen LogP contribution in [-0.4, -0.2) is 4.98 Å². The van der Waals surface area contributed by atoms with Gasteiger partial charge in [-0.2, -0.15) is 0 Å². The Morgan fingerprint density at radius 1 is 1.00 bits per heavy atom. The van der Waals surface area contributed by atoms with Crippen molar-refractivity contribution in [1.29, 1.82) is 0 Å².